The zero-order chi connectivity index (χ0) is 13.0. The van der Waals surface area contributed by atoms with Crippen LogP contribution >= 0.6 is 11.6 Å². The first-order valence-electron chi connectivity index (χ1n) is 5.77. The van der Waals surface area contributed by atoms with E-state index < -0.39 is 0 Å². The Morgan fingerprint density at radius 1 is 1.22 bits per heavy atom. The summed E-state index contributed by atoms with van der Waals surface area (Å²) >= 11 is 6.15. The summed E-state index contributed by atoms with van der Waals surface area (Å²) < 4.78 is 0. The molecule has 3 nitrogen and oxygen atoms in total. The fourth-order valence-electron chi connectivity index (χ4n) is 1.83. The maximum Gasteiger partial charge on any atom is 0.0543 e. The van der Waals surface area contributed by atoms with Crippen molar-refractivity contribution in [2.45, 2.75) is 13.1 Å². The molecule has 94 valence electrons. The highest BCUT2D eigenvalue weighted by Gasteiger charge is 2.06. The topological polar surface area (TPSA) is 42.2 Å². The number of benzene rings is 1. The van der Waals surface area contributed by atoms with E-state index in [1.807, 2.05) is 43.4 Å². The molecule has 0 spiro atoms. The van der Waals surface area contributed by atoms with Gasteiger partial charge in [-0.1, -0.05) is 17.7 Å². The Labute approximate surface area is 112 Å². The largest absolute Gasteiger partial charge is 0.399 e. The van der Waals surface area contributed by atoms with E-state index in [1.54, 1.807) is 6.20 Å². The van der Waals surface area contributed by atoms with Crippen LogP contribution < -0.4 is 5.73 Å². The van der Waals surface area contributed by atoms with Gasteiger partial charge in [0.2, 0.25) is 0 Å². The summed E-state index contributed by atoms with van der Waals surface area (Å²) in [5.74, 6) is 0. The van der Waals surface area contributed by atoms with Gasteiger partial charge in [-0.05, 0) is 42.9 Å². The molecule has 0 fully saturated rings. The number of anilines is 1. The summed E-state index contributed by atoms with van der Waals surface area (Å²) in [6, 6.07) is 11.5. The fourth-order valence-corrected chi connectivity index (χ4v) is 2.01. The van der Waals surface area contributed by atoms with Crippen LogP contribution in [0.1, 0.15) is 11.3 Å². The Hall–Kier alpha value is -1.58. The number of halogens is 1. The highest BCUT2D eigenvalue weighted by molar-refractivity contribution is 6.31. The zero-order valence-electron chi connectivity index (χ0n) is 10.3. The van der Waals surface area contributed by atoms with Crippen molar-refractivity contribution in [1.82, 2.24) is 9.88 Å². The van der Waals surface area contributed by atoms with Crippen LogP contribution in [0.15, 0.2) is 42.6 Å². The minimum atomic E-state index is 0.737. The van der Waals surface area contributed by atoms with Crippen molar-refractivity contribution in [2.75, 3.05) is 12.8 Å². The number of nitrogen functional groups attached to an aromatic ring is 1. The van der Waals surface area contributed by atoms with Gasteiger partial charge in [0.25, 0.3) is 0 Å². The number of nitrogens with zero attached hydrogens (tertiary/aromatic N) is 2. The number of pyridine rings is 1. The first-order chi connectivity index (χ1) is 8.65. The molecule has 0 aliphatic carbocycles. The summed E-state index contributed by atoms with van der Waals surface area (Å²) in [6.07, 6.45) is 1.80. The molecule has 18 heavy (non-hydrogen) atoms. The maximum atomic E-state index is 6.15. The van der Waals surface area contributed by atoms with Gasteiger partial charge in [0.05, 0.1) is 5.69 Å². The molecule has 4 heteroatoms. The number of nitrogens with two attached hydrogens (primary N) is 1. The van der Waals surface area contributed by atoms with Crippen LogP contribution in [0.25, 0.3) is 0 Å². The lowest BCUT2D eigenvalue weighted by molar-refractivity contribution is 0.315. The molecule has 0 radical (unpaired) electrons. The van der Waals surface area contributed by atoms with Crippen LogP contribution in [0.4, 0.5) is 5.69 Å². The number of hydrogen-bond acceptors (Lipinski definition) is 3. The predicted molar refractivity (Wildman–Crippen MR) is 75.3 cm³/mol. The van der Waals surface area contributed by atoms with E-state index in [-0.39, 0.29) is 0 Å². The second-order valence-corrected chi connectivity index (χ2v) is 4.75. The molecule has 0 unspecified atom stereocenters. The third-order valence-corrected chi connectivity index (χ3v) is 3.04. The average molecular weight is 262 g/mol. The van der Waals surface area contributed by atoms with Gasteiger partial charge in [-0.3, -0.25) is 9.88 Å². The number of hydrogen-bond donors (Lipinski definition) is 1. The molecule has 1 aromatic heterocycles. The third-order valence-electron chi connectivity index (χ3n) is 2.67. The molecule has 0 saturated carbocycles. The predicted octanol–water partition coefficient (Wildman–Crippen LogP) is 2.95. The van der Waals surface area contributed by atoms with Gasteiger partial charge in [0, 0.05) is 30.0 Å². The van der Waals surface area contributed by atoms with Crippen LogP contribution in [0.2, 0.25) is 5.02 Å². The van der Waals surface area contributed by atoms with Crippen molar-refractivity contribution in [3.05, 3.63) is 58.9 Å². The molecular formula is C14H16ClN3. The van der Waals surface area contributed by atoms with E-state index in [9.17, 15) is 0 Å². The minimum absolute atomic E-state index is 0.737. The third kappa shape index (κ3) is 3.45. The van der Waals surface area contributed by atoms with Crippen LogP contribution in [-0.2, 0) is 13.1 Å². The van der Waals surface area contributed by atoms with Crippen molar-refractivity contribution < 1.29 is 0 Å². The minimum Gasteiger partial charge on any atom is -0.399 e. The number of rotatable bonds is 4. The molecule has 0 atom stereocenters. The second-order valence-electron chi connectivity index (χ2n) is 4.34. The van der Waals surface area contributed by atoms with Crippen LogP contribution in [0.5, 0.6) is 0 Å². The molecule has 0 bridgehead atoms. The van der Waals surface area contributed by atoms with Crippen molar-refractivity contribution >= 4 is 17.3 Å². The molecule has 1 heterocycles. The van der Waals surface area contributed by atoms with Crippen molar-refractivity contribution in [1.29, 1.82) is 0 Å². The summed E-state index contributed by atoms with van der Waals surface area (Å²) in [7, 11) is 2.04. The van der Waals surface area contributed by atoms with Gasteiger partial charge in [0.15, 0.2) is 0 Å². The van der Waals surface area contributed by atoms with E-state index in [4.69, 9.17) is 17.3 Å². The van der Waals surface area contributed by atoms with Gasteiger partial charge >= 0.3 is 0 Å². The van der Waals surface area contributed by atoms with Crippen LogP contribution in [-0.4, -0.2) is 16.9 Å². The molecule has 2 N–H and O–H groups in total. The average Bonchev–Trinajstić information content (AvgIpc) is 2.35. The van der Waals surface area contributed by atoms with Gasteiger partial charge in [0.1, 0.15) is 0 Å². The SMILES string of the molecule is CN(Cc1ccccn1)Cc1cc(N)ccc1Cl. The van der Waals surface area contributed by atoms with E-state index in [0.29, 0.717) is 0 Å². The second kappa shape index (κ2) is 5.85. The maximum absolute atomic E-state index is 6.15. The van der Waals surface area contributed by atoms with Gasteiger partial charge in [-0.2, -0.15) is 0 Å². The van der Waals surface area contributed by atoms with Crippen molar-refractivity contribution in [3.8, 4) is 0 Å². The van der Waals surface area contributed by atoms with E-state index >= 15 is 0 Å². The Balaban J connectivity index is 2.03. The van der Waals surface area contributed by atoms with Gasteiger partial charge in [-0.15, -0.1) is 0 Å². The Morgan fingerprint density at radius 3 is 2.78 bits per heavy atom. The molecular weight excluding hydrogens is 246 g/mol. The quantitative estimate of drug-likeness (QED) is 0.861. The highest BCUT2D eigenvalue weighted by atomic mass is 35.5. The lowest BCUT2D eigenvalue weighted by Crippen LogP contribution is -2.18. The monoisotopic (exact) mass is 261 g/mol. The van der Waals surface area contributed by atoms with Crippen molar-refractivity contribution in [3.63, 3.8) is 0 Å². The highest BCUT2D eigenvalue weighted by Crippen LogP contribution is 2.20. The van der Waals surface area contributed by atoms with E-state index in [2.05, 4.69) is 9.88 Å². The molecule has 0 aliphatic rings. The standard InChI is InChI=1S/C14H16ClN3/c1-18(10-13-4-2-3-7-17-13)9-11-8-12(16)5-6-14(11)15/h2-8H,9-10,16H2,1H3. The lowest BCUT2D eigenvalue weighted by Gasteiger charge is -2.17. The first-order valence-corrected chi connectivity index (χ1v) is 6.15. The lowest BCUT2D eigenvalue weighted by atomic mass is 10.2. The van der Waals surface area contributed by atoms with Crippen LogP contribution in [0.3, 0.4) is 0 Å². The Morgan fingerprint density at radius 2 is 2.06 bits per heavy atom. The molecule has 2 aromatic rings. The zero-order valence-corrected chi connectivity index (χ0v) is 11.1. The molecule has 1 aromatic carbocycles. The normalized spacial score (nSPS) is 10.8. The van der Waals surface area contributed by atoms with Crippen molar-refractivity contribution in [2.24, 2.45) is 0 Å². The first kappa shape index (κ1) is 12.9. The summed E-state index contributed by atoms with van der Waals surface area (Å²) in [6.45, 7) is 1.53. The van der Waals surface area contributed by atoms with Gasteiger partial charge in [-0.25, -0.2) is 0 Å². The van der Waals surface area contributed by atoms with E-state index in [1.165, 1.54) is 0 Å². The number of aromatic nitrogens is 1. The molecule has 2 rings (SSSR count). The summed E-state index contributed by atoms with van der Waals surface area (Å²) in [5.41, 5.74) is 8.58. The molecule has 0 amide bonds. The van der Waals surface area contributed by atoms with E-state index in [0.717, 1.165) is 35.1 Å². The molecule has 0 saturated heterocycles. The Bertz CT molecular complexity index is 514. The van der Waals surface area contributed by atoms with Gasteiger partial charge < -0.3 is 5.73 Å². The summed E-state index contributed by atoms with van der Waals surface area (Å²) in [5, 5.41) is 0.747. The Kier molecular flexibility index (Phi) is 4.18. The fraction of sp³-hybridized carbons (Fsp3) is 0.214. The molecule has 0 aliphatic heterocycles. The summed E-state index contributed by atoms with van der Waals surface area (Å²) in [4.78, 5) is 6.46. The smallest absolute Gasteiger partial charge is 0.0543 e. The van der Waals surface area contributed by atoms with Crippen LogP contribution in [0, 0.1) is 0 Å².